The zero-order valence-electron chi connectivity index (χ0n) is 12.5. The van der Waals surface area contributed by atoms with Crippen molar-refractivity contribution in [3.8, 4) is 0 Å². The monoisotopic (exact) mass is 399 g/mol. The molecule has 0 bridgehead atoms. The van der Waals surface area contributed by atoms with Gasteiger partial charge in [-0.25, -0.2) is 14.3 Å². The number of nitrogens with zero attached hydrogens (tertiary/aromatic N) is 3. The Balaban J connectivity index is 2.53. The van der Waals surface area contributed by atoms with Crippen LogP contribution in [0.5, 0.6) is 0 Å². The first-order valence-electron chi connectivity index (χ1n) is 6.45. The Morgan fingerprint density at radius 2 is 1.88 bits per heavy atom. The molecule has 0 amide bonds. The maximum atomic E-state index is 13.2. The molecule has 0 atom stereocenters. The second kappa shape index (κ2) is 7.10. The van der Waals surface area contributed by atoms with E-state index >= 15 is 0 Å². The van der Waals surface area contributed by atoms with Gasteiger partial charge < -0.3 is 4.74 Å². The Morgan fingerprint density at radius 3 is 2.40 bits per heavy atom. The van der Waals surface area contributed by atoms with Crippen LogP contribution in [0, 0.1) is 5.95 Å². The molecular weight excluding hydrogens is 390 g/mol. The SMILES string of the molecule is COCN(c1ccc(C(F)(F)F)c(Cl)n1)S(=O)(=O)c1cccc(F)n1. The number of anilines is 1. The van der Waals surface area contributed by atoms with Crippen molar-refractivity contribution in [3.63, 3.8) is 0 Å². The van der Waals surface area contributed by atoms with Crippen LogP contribution in [0.1, 0.15) is 5.56 Å². The number of halogens is 5. The van der Waals surface area contributed by atoms with E-state index in [4.69, 9.17) is 16.3 Å². The molecule has 0 radical (unpaired) electrons. The molecule has 12 heteroatoms. The highest BCUT2D eigenvalue weighted by molar-refractivity contribution is 7.92. The van der Waals surface area contributed by atoms with Crippen LogP contribution in [0.4, 0.5) is 23.4 Å². The average molecular weight is 400 g/mol. The average Bonchev–Trinajstić information content (AvgIpc) is 2.51. The Labute approximate surface area is 145 Å². The second-order valence-corrected chi connectivity index (χ2v) is 6.74. The normalized spacial score (nSPS) is 12.2. The van der Waals surface area contributed by atoms with Crippen LogP contribution in [0.25, 0.3) is 0 Å². The fraction of sp³-hybridized carbons (Fsp3) is 0.231. The quantitative estimate of drug-likeness (QED) is 0.439. The van der Waals surface area contributed by atoms with E-state index in [0.717, 1.165) is 31.4 Å². The molecular formula is C13H10ClF4N3O3S. The third kappa shape index (κ3) is 4.17. The molecule has 6 nitrogen and oxygen atoms in total. The summed E-state index contributed by atoms with van der Waals surface area (Å²) < 4.78 is 81.9. The fourth-order valence-electron chi connectivity index (χ4n) is 1.80. The van der Waals surface area contributed by atoms with E-state index in [9.17, 15) is 26.0 Å². The summed E-state index contributed by atoms with van der Waals surface area (Å²) in [7, 11) is -3.29. The van der Waals surface area contributed by atoms with Gasteiger partial charge in [0.15, 0.2) is 5.03 Å². The molecule has 0 aliphatic carbocycles. The number of aromatic nitrogens is 2. The lowest BCUT2D eigenvalue weighted by Crippen LogP contribution is -2.34. The zero-order chi connectivity index (χ0) is 18.8. The lowest BCUT2D eigenvalue weighted by molar-refractivity contribution is -0.137. The maximum Gasteiger partial charge on any atom is 0.419 e. The van der Waals surface area contributed by atoms with E-state index in [1.54, 1.807) is 0 Å². The van der Waals surface area contributed by atoms with Crippen molar-refractivity contribution < 1.29 is 30.7 Å². The van der Waals surface area contributed by atoms with E-state index in [2.05, 4.69) is 9.97 Å². The predicted octanol–water partition coefficient (Wildman–Crippen LogP) is 3.09. The molecule has 2 rings (SSSR count). The Hall–Kier alpha value is -1.98. The summed E-state index contributed by atoms with van der Waals surface area (Å²) in [6, 6.07) is 4.47. The molecule has 136 valence electrons. The van der Waals surface area contributed by atoms with Crippen LogP contribution in [0.15, 0.2) is 35.4 Å². The van der Waals surface area contributed by atoms with Crippen molar-refractivity contribution >= 4 is 27.4 Å². The van der Waals surface area contributed by atoms with E-state index in [-0.39, 0.29) is 0 Å². The molecule has 0 saturated heterocycles. The first kappa shape index (κ1) is 19.3. The number of hydrogen-bond acceptors (Lipinski definition) is 5. The summed E-state index contributed by atoms with van der Waals surface area (Å²) in [5, 5.41) is -1.60. The summed E-state index contributed by atoms with van der Waals surface area (Å²) in [5.41, 5.74) is -1.23. The largest absolute Gasteiger partial charge is 0.419 e. The lowest BCUT2D eigenvalue weighted by Gasteiger charge is -2.22. The number of methoxy groups -OCH3 is 1. The van der Waals surface area contributed by atoms with E-state index in [1.807, 2.05) is 0 Å². The van der Waals surface area contributed by atoms with Crippen LogP contribution >= 0.6 is 11.6 Å². The third-order valence-corrected chi connectivity index (χ3v) is 4.80. The Kier molecular flexibility index (Phi) is 5.49. The molecule has 0 N–H and O–H groups in total. The van der Waals surface area contributed by atoms with Gasteiger partial charge >= 0.3 is 6.18 Å². The standard InChI is InChI=1S/C13H10ClF4N3O3S/c1-24-7-21(25(22,23)11-4-2-3-9(15)19-11)10-6-5-8(12(14)20-10)13(16,17)18/h2-6H,7H2,1H3. The van der Waals surface area contributed by atoms with Crippen molar-refractivity contribution in [3.05, 3.63) is 47.0 Å². The van der Waals surface area contributed by atoms with Crippen molar-refractivity contribution in [1.82, 2.24) is 9.97 Å². The van der Waals surface area contributed by atoms with Gasteiger partial charge in [-0.3, -0.25) is 0 Å². The molecule has 2 aromatic heterocycles. The molecule has 0 aliphatic rings. The number of pyridine rings is 2. The number of sulfonamides is 1. The Morgan fingerprint density at radius 1 is 1.20 bits per heavy atom. The first-order chi connectivity index (χ1) is 11.6. The van der Waals surface area contributed by atoms with Gasteiger partial charge in [0.1, 0.15) is 17.7 Å². The molecule has 0 saturated carbocycles. The predicted molar refractivity (Wildman–Crippen MR) is 80.0 cm³/mol. The van der Waals surface area contributed by atoms with Crippen LogP contribution in [-0.2, 0) is 20.9 Å². The van der Waals surface area contributed by atoms with Gasteiger partial charge in [-0.05, 0) is 24.3 Å². The smallest absolute Gasteiger partial charge is 0.363 e. The molecule has 25 heavy (non-hydrogen) atoms. The lowest BCUT2D eigenvalue weighted by atomic mass is 10.3. The second-order valence-electron chi connectivity index (χ2n) is 4.58. The van der Waals surface area contributed by atoms with Gasteiger partial charge in [-0.1, -0.05) is 17.7 Å². The highest BCUT2D eigenvalue weighted by atomic mass is 35.5. The molecule has 0 aliphatic heterocycles. The van der Waals surface area contributed by atoms with Crippen molar-refractivity contribution in [2.45, 2.75) is 11.2 Å². The molecule has 0 unspecified atom stereocenters. The molecule has 2 aromatic rings. The number of hydrogen-bond donors (Lipinski definition) is 0. The summed E-state index contributed by atoms with van der Waals surface area (Å²) >= 11 is 5.51. The Bertz CT molecular complexity index is 877. The van der Waals surface area contributed by atoms with E-state index < -0.39 is 50.4 Å². The molecule has 0 spiro atoms. The minimum atomic E-state index is -4.75. The summed E-state index contributed by atoms with van der Waals surface area (Å²) in [6.45, 7) is -0.602. The van der Waals surface area contributed by atoms with Crippen LogP contribution in [0.2, 0.25) is 5.15 Å². The van der Waals surface area contributed by atoms with Crippen LogP contribution < -0.4 is 4.31 Å². The van der Waals surface area contributed by atoms with E-state index in [1.165, 1.54) is 0 Å². The van der Waals surface area contributed by atoms with Gasteiger partial charge in [0.05, 0.1) is 5.56 Å². The summed E-state index contributed by atoms with van der Waals surface area (Å²) in [6.07, 6.45) is -4.75. The highest BCUT2D eigenvalue weighted by Crippen LogP contribution is 2.35. The van der Waals surface area contributed by atoms with Gasteiger partial charge in [-0.2, -0.15) is 26.0 Å². The zero-order valence-corrected chi connectivity index (χ0v) is 14.0. The third-order valence-electron chi connectivity index (χ3n) is 2.89. The highest BCUT2D eigenvalue weighted by Gasteiger charge is 2.35. The number of ether oxygens (including phenoxy) is 1. The molecule has 0 aromatic carbocycles. The minimum Gasteiger partial charge on any atom is -0.363 e. The molecule has 0 fully saturated rings. The maximum absolute atomic E-state index is 13.2. The van der Waals surface area contributed by atoms with Crippen LogP contribution in [0.3, 0.4) is 0 Å². The van der Waals surface area contributed by atoms with Gasteiger partial charge in [-0.15, -0.1) is 0 Å². The van der Waals surface area contributed by atoms with Crippen LogP contribution in [-0.4, -0.2) is 32.2 Å². The van der Waals surface area contributed by atoms with E-state index in [0.29, 0.717) is 10.4 Å². The summed E-state index contributed by atoms with van der Waals surface area (Å²) in [4.78, 5) is 6.72. The fourth-order valence-corrected chi connectivity index (χ4v) is 3.32. The minimum absolute atomic E-state index is 0.439. The number of rotatable bonds is 5. The van der Waals surface area contributed by atoms with Crippen molar-refractivity contribution in [1.29, 1.82) is 0 Å². The van der Waals surface area contributed by atoms with Crippen molar-refractivity contribution in [2.24, 2.45) is 0 Å². The van der Waals surface area contributed by atoms with Crippen molar-refractivity contribution in [2.75, 3.05) is 18.1 Å². The number of alkyl halides is 3. The van der Waals surface area contributed by atoms with Gasteiger partial charge in [0, 0.05) is 7.11 Å². The van der Waals surface area contributed by atoms with Gasteiger partial charge in [0.2, 0.25) is 5.95 Å². The summed E-state index contributed by atoms with van der Waals surface area (Å²) in [5.74, 6) is -1.48. The first-order valence-corrected chi connectivity index (χ1v) is 8.27. The molecule has 2 heterocycles. The van der Waals surface area contributed by atoms with Gasteiger partial charge in [0.25, 0.3) is 10.0 Å². The topological polar surface area (TPSA) is 72.4 Å².